The number of sulfonamides is 1. The molecular weight excluding hydrogens is 290 g/mol. The average molecular weight is 313 g/mol. The number of nitrogens with one attached hydrogen (secondary N) is 1. The second kappa shape index (κ2) is 7.02. The van der Waals surface area contributed by atoms with Gasteiger partial charge in [-0.15, -0.1) is 0 Å². The van der Waals surface area contributed by atoms with Gasteiger partial charge in [0.15, 0.2) is 0 Å². The molecule has 0 heterocycles. The van der Waals surface area contributed by atoms with Crippen molar-refractivity contribution in [3.63, 3.8) is 0 Å². The Hall–Kier alpha value is -1.44. The largest absolute Gasteiger partial charge is 0.325 e. The van der Waals surface area contributed by atoms with Gasteiger partial charge in [-0.05, 0) is 24.1 Å². The summed E-state index contributed by atoms with van der Waals surface area (Å²) in [5.74, 6) is -0.262. The molecule has 0 radical (unpaired) electrons. The van der Waals surface area contributed by atoms with Crippen LogP contribution in [-0.2, 0) is 14.8 Å². The molecule has 0 spiro atoms. The predicted molar refractivity (Wildman–Crippen MR) is 83.4 cm³/mol. The molecule has 0 unspecified atom stereocenters. The minimum atomic E-state index is -3.53. The van der Waals surface area contributed by atoms with Gasteiger partial charge in [-0.25, -0.2) is 12.7 Å². The van der Waals surface area contributed by atoms with Crippen molar-refractivity contribution >= 4 is 21.6 Å². The molecule has 0 aliphatic heterocycles. The number of hydrogen-bond acceptors (Lipinski definition) is 4. The maximum absolute atomic E-state index is 12.0. The van der Waals surface area contributed by atoms with Crippen molar-refractivity contribution in [3.8, 4) is 0 Å². The minimum absolute atomic E-state index is 0.0543. The molecule has 0 saturated heterocycles. The van der Waals surface area contributed by atoms with Crippen molar-refractivity contribution in [2.45, 2.75) is 31.2 Å². The van der Waals surface area contributed by atoms with Crippen LogP contribution in [0.3, 0.4) is 0 Å². The summed E-state index contributed by atoms with van der Waals surface area (Å²) in [6.07, 6.45) is 0.795. The van der Waals surface area contributed by atoms with Gasteiger partial charge in [-0.3, -0.25) is 4.79 Å². The fraction of sp³-hybridized carbons (Fsp3) is 0.500. The Bertz CT molecular complexity index is 599. The molecule has 2 atom stereocenters. The van der Waals surface area contributed by atoms with Gasteiger partial charge < -0.3 is 11.1 Å². The van der Waals surface area contributed by atoms with Crippen LogP contribution in [0.5, 0.6) is 0 Å². The van der Waals surface area contributed by atoms with Crippen molar-refractivity contribution in [3.05, 3.63) is 24.3 Å². The first-order chi connectivity index (χ1) is 9.70. The molecule has 1 aromatic rings. The van der Waals surface area contributed by atoms with Crippen molar-refractivity contribution in [1.82, 2.24) is 4.31 Å². The minimum Gasteiger partial charge on any atom is -0.325 e. The average Bonchev–Trinajstić information content (AvgIpc) is 2.45. The van der Waals surface area contributed by atoms with Gasteiger partial charge in [0, 0.05) is 19.8 Å². The zero-order valence-corrected chi connectivity index (χ0v) is 13.6. The van der Waals surface area contributed by atoms with E-state index in [-0.39, 0.29) is 16.7 Å². The Kier molecular flexibility index (Phi) is 5.88. The molecule has 0 saturated carbocycles. The van der Waals surface area contributed by atoms with Gasteiger partial charge in [0.25, 0.3) is 0 Å². The number of hydrogen-bond donors (Lipinski definition) is 2. The third-order valence-corrected chi connectivity index (χ3v) is 5.25. The molecule has 0 bridgehead atoms. The summed E-state index contributed by atoms with van der Waals surface area (Å²) in [5, 5.41) is 2.66. The number of carbonyl (C=O) groups is 1. The highest BCUT2D eigenvalue weighted by Gasteiger charge is 2.21. The van der Waals surface area contributed by atoms with E-state index in [1.165, 1.54) is 26.2 Å². The number of nitrogens with zero attached hydrogens (tertiary/aromatic N) is 1. The number of anilines is 1. The lowest BCUT2D eigenvalue weighted by molar-refractivity contribution is -0.118. The molecule has 1 amide bonds. The standard InChI is InChI=1S/C14H23N3O3S/c1-5-10(2)13(15)14(18)16-11-7-6-8-12(9-11)21(19,20)17(3)4/h6-10,13H,5,15H2,1-4H3,(H,16,18)/t10-,13-/m0/s1. The van der Waals surface area contributed by atoms with Crippen LogP contribution in [0.25, 0.3) is 0 Å². The highest BCUT2D eigenvalue weighted by Crippen LogP contribution is 2.18. The Balaban J connectivity index is 2.95. The highest BCUT2D eigenvalue weighted by atomic mass is 32.2. The Labute approximate surface area is 126 Å². The van der Waals surface area contributed by atoms with Crippen molar-refractivity contribution in [2.24, 2.45) is 11.7 Å². The lowest BCUT2D eigenvalue weighted by atomic mass is 9.99. The van der Waals surface area contributed by atoms with E-state index in [1.807, 2.05) is 13.8 Å². The molecule has 0 fully saturated rings. The molecule has 6 nitrogen and oxygen atoms in total. The van der Waals surface area contributed by atoms with Crippen molar-refractivity contribution in [1.29, 1.82) is 0 Å². The SMILES string of the molecule is CC[C@H](C)[C@H](N)C(=O)Nc1cccc(S(=O)(=O)N(C)C)c1. The van der Waals surface area contributed by atoms with E-state index in [1.54, 1.807) is 12.1 Å². The monoisotopic (exact) mass is 313 g/mol. The molecule has 21 heavy (non-hydrogen) atoms. The number of amides is 1. The summed E-state index contributed by atoms with van der Waals surface area (Å²) >= 11 is 0. The predicted octanol–water partition coefficient (Wildman–Crippen LogP) is 1.25. The lowest BCUT2D eigenvalue weighted by Crippen LogP contribution is -2.40. The number of carbonyl (C=O) groups excluding carboxylic acids is 1. The van der Waals surface area contributed by atoms with Crippen LogP contribution in [0.15, 0.2) is 29.2 Å². The first-order valence-electron chi connectivity index (χ1n) is 6.79. The van der Waals surface area contributed by atoms with Gasteiger partial charge in [0.1, 0.15) is 0 Å². The highest BCUT2D eigenvalue weighted by molar-refractivity contribution is 7.89. The Morgan fingerprint density at radius 1 is 1.38 bits per heavy atom. The van der Waals surface area contributed by atoms with Crippen LogP contribution in [0.1, 0.15) is 20.3 Å². The first-order valence-corrected chi connectivity index (χ1v) is 8.23. The van der Waals surface area contributed by atoms with Crippen LogP contribution in [0.2, 0.25) is 0 Å². The molecule has 7 heteroatoms. The fourth-order valence-corrected chi connectivity index (χ4v) is 2.63. The van der Waals surface area contributed by atoms with Crippen molar-refractivity contribution in [2.75, 3.05) is 19.4 Å². The van der Waals surface area contributed by atoms with E-state index >= 15 is 0 Å². The summed E-state index contributed by atoms with van der Waals surface area (Å²) < 4.78 is 25.2. The van der Waals surface area contributed by atoms with Crippen LogP contribution in [0, 0.1) is 5.92 Å². The molecule has 3 N–H and O–H groups in total. The zero-order valence-electron chi connectivity index (χ0n) is 12.8. The number of rotatable bonds is 6. The number of nitrogens with two attached hydrogens (primary N) is 1. The third kappa shape index (κ3) is 4.26. The quantitative estimate of drug-likeness (QED) is 0.826. The van der Waals surface area contributed by atoms with E-state index in [0.29, 0.717) is 5.69 Å². The summed E-state index contributed by atoms with van der Waals surface area (Å²) in [4.78, 5) is 12.1. The maximum atomic E-state index is 12.0. The topological polar surface area (TPSA) is 92.5 Å². The summed E-state index contributed by atoms with van der Waals surface area (Å²) in [5.41, 5.74) is 6.27. The Morgan fingerprint density at radius 2 is 2.00 bits per heavy atom. The van der Waals surface area contributed by atoms with Gasteiger partial charge in [-0.1, -0.05) is 26.3 Å². The second-order valence-electron chi connectivity index (χ2n) is 5.22. The summed E-state index contributed by atoms with van der Waals surface area (Å²) in [6, 6.07) is 5.51. The Morgan fingerprint density at radius 3 is 2.52 bits per heavy atom. The van der Waals surface area contributed by atoms with E-state index in [2.05, 4.69) is 5.32 Å². The van der Waals surface area contributed by atoms with Crippen LogP contribution in [-0.4, -0.2) is 38.8 Å². The van der Waals surface area contributed by atoms with Crippen LogP contribution >= 0.6 is 0 Å². The van der Waals surface area contributed by atoms with Gasteiger partial charge in [-0.2, -0.15) is 0 Å². The molecule has 0 aliphatic rings. The van der Waals surface area contributed by atoms with E-state index in [4.69, 9.17) is 5.73 Å². The molecular formula is C14H23N3O3S. The smallest absolute Gasteiger partial charge is 0.242 e. The molecule has 1 aromatic carbocycles. The lowest BCUT2D eigenvalue weighted by Gasteiger charge is -2.18. The molecule has 118 valence electrons. The van der Waals surface area contributed by atoms with Gasteiger partial charge in [0.2, 0.25) is 15.9 Å². The normalized spacial score (nSPS) is 14.8. The third-order valence-electron chi connectivity index (χ3n) is 3.44. The zero-order chi connectivity index (χ0) is 16.2. The number of benzene rings is 1. The molecule has 1 rings (SSSR count). The van der Waals surface area contributed by atoms with E-state index < -0.39 is 16.1 Å². The molecule has 0 aromatic heterocycles. The summed E-state index contributed by atoms with van der Waals surface area (Å²) in [6.45, 7) is 3.86. The molecule has 0 aliphatic carbocycles. The van der Waals surface area contributed by atoms with Gasteiger partial charge in [0.05, 0.1) is 10.9 Å². The van der Waals surface area contributed by atoms with Crippen LogP contribution in [0.4, 0.5) is 5.69 Å². The maximum Gasteiger partial charge on any atom is 0.242 e. The van der Waals surface area contributed by atoms with Gasteiger partial charge >= 0.3 is 0 Å². The first kappa shape index (κ1) is 17.6. The van der Waals surface area contributed by atoms with E-state index in [0.717, 1.165) is 10.7 Å². The fourth-order valence-electron chi connectivity index (χ4n) is 1.68. The summed E-state index contributed by atoms with van der Waals surface area (Å²) in [7, 11) is -0.610. The van der Waals surface area contributed by atoms with Crippen LogP contribution < -0.4 is 11.1 Å². The van der Waals surface area contributed by atoms with E-state index in [9.17, 15) is 13.2 Å². The second-order valence-corrected chi connectivity index (χ2v) is 7.37. The van der Waals surface area contributed by atoms with Crippen molar-refractivity contribution < 1.29 is 13.2 Å².